The van der Waals surface area contributed by atoms with Crippen molar-refractivity contribution in [3.05, 3.63) is 57.3 Å². The van der Waals surface area contributed by atoms with Gasteiger partial charge in [-0.2, -0.15) is 0 Å². The van der Waals surface area contributed by atoms with Crippen LogP contribution in [-0.4, -0.2) is 4.99 Å². The molecule has 0 aliphatic heterocycles. The van der Waals surface area contributed by atoms with E-state index in [9.17, 15) is 4.39 Å². The Balaban J connectivity index is 2.30. The Morgan fingerprint density at radius 3 is 2.58 bits per heavy atom. The minimum Gasteiger partial charge on any atom is -0.389 e. The topological polar surface area (TPSA) is 38.0 Å². The maximum Gasteiger partial charge on any atom is 0.126 e. The normalized spacial score (nSPS) is 10.3. The Bertz CT molecular complexity index is 628. The molecule has 19 heavy (non-hydrogen) atoms. The Hall–Kier alpha value is -1.17. The summed E-state index contributed by atoms with van der Waals surface area (Å²) in [5.41, 5.74) is 7.63. The van der Waals surface area contributed by atoms with Gasteiger partial charge in [-0.3, -0.25) is 0 Å². The average Bonchev–Trinajstić information content (AvgIpc) is 2.30. The van der Waals surface area contributed by atoms with Crippen LogP contribution in [0.3, 0.4) is 0 Å². The van der Waals surface area contributed by atoms with Gasteiger partial charge in [-0.25, -0.2) is 4.39 Å². The minimum atomic E-state index is -0.397. The number of anilines is 2. The van der Waals surface area contributed by atoms with E-state index in [-0.39, 0.29) is 0 Å². The molecule has 0 saturated heterocycles. The average molecular weight is 360 g/mol. The van der Waals surface area contributed by atoms with Crippen molar-refractivity contribution in [3.63, 3.8) is 0 Å². The molecule has 0 aliphatic rings. The standard InChI is InChI=1S/C13H9BrClFN2S/c14-11-3-7(13(17)19)1-2-12(11)18-10-5-8(15)4-9(16)6-10/h1-6,18H,(H2,17,19). The lowest BCUT2D eigenvalue weighted by Crippen LogP contribution is -2.09. The molecule has 0 unspecified atom stereocenters. The molecule has 0 aromatic heterocycles. The van der Waals surface area contributed by atoms with Crippen LogP contribution in [0.4, 0.5) is 15.8 Å². The summed E-state index contributed by atoms with van der Waals surface area (Å²) in [5, 5.41) is 3.40. The first kappa shape index (κ1) is 14.2. The van der Waals surface area contributed by atoms with Crippen molar-refractivity contribution in [2.24, 2.45) is 5.73 Å². The van der Waals surface area contributed by atoms with E-state index in [0.717, 1.165) is 15.7 Å². The van der Waals surface area contributed by atoms with Gasteiger partial charge in [-0.05, 0) is 52.3 Å². The molecule has 0 aliphatic carbocycles. The van der Waals surface area contributed by atoms with Crippen LogP contribution in [0, 0.1) is 5.82 Å². The lowest BCUT2D eigenvalue weighted by molar-refractivity contribution is 0.628. The van der Waals surface area contributed by atoms with Gasteiger partial charge in [0.05, 0.1) is 5.69 Å². The zero-order valence-corrected chi connectivity index (χ0v) is 12.7. The molecule has 98 valence electrons. The highest BCUT2D eigenvalue weighted by molar-refractivity contribution is 9.10. The second-order valence-electron chi connectivity index (χ2n) is 3.84. The van der Waals surface area contributed by atoms with Crippen molar-refractivity contribution in [2.45, 2.75) is 0 Å². The van der Waals surface area contributed by atoms with Gasteiger partial charge >= 0.3 is 0 Å². The molecule has 6 heteroatoms. The van der Waals surface area contributed by atoms with Crippen LogP contribution < -0.4 is 11.1 Å². The summed E-state index contributed by atoms with van der Waals surface area (Å²) >= 11 is 14.1. The summed E-state index contributed by atoms with van der Waals surface area (Å²) in [6.07, 6.45) is 0. The highest BCUT2D eigenvalue weighted by Gasteiger charge is 2.05. The quantitative estimate of drug-likeness (QED) is 0.785. The molecule has 0 saturated carbocycles. The molecule has 0 radical (unpaired) electrons. The highest BCUT2D eigenvalue weighted by Crippen LogP contribution is 2.28. The largest absolute Gasteiger partial charge is 0.389 e. The third-order valence-electron chi connectivity index (χ3n) is 2.40. The number of hydrogen-bond acceptors (Lipinski definition) is 2. The lowest BCUT2D eigenvalue weighted by Gasteiger charge is -2.10. The SMILES string of the molecule is NC(=S)c1ccc(Nc2cc(F)cc(Cl)c2)c(Br)c1. The highest BCUT2D eigenvalue weighted by atomic mass is 79.9. The van der Waals surface area contributed by atoms with Crippen LogP contribution in [0.1, 0.15) is 5.56 Å². The Morgan fingerprint density at radius 2 is 2.00 bits per heavy atom. The van der Waals surface area contributed by atoms with Gasteiger partial charge in [0.15, 0.2) is 0 Å². The minimum absolute atomic E-state index is 0.320. The molecule has 2 aromatic carbocycles. The van der Waals surface area contributed by atoms with Crippen molar-refractivity contribution in [1.82, 2.24) is 0 Å². The maximum atomic E-state index is 13.2. The van der Waals surface area contributed by atoms with E-state index >= 15 is 0 Å². The molecule has 0 atom stereocenters. The number of rotatable bonds is 3. The van der Waals surface area contributed by atoms with Gasteiger partial charge in [-0.15, -0.1) is 0 Å². The molecule has 3 N–H and O–H groups in total. The predicted octanol–water partition coefficient (Wildman–Crippen LogP) is 4.62. The number of halogens is 3. The Kier molecular flexibility index (Phi) is 4.39. The fourth-order valence-corrected chi connectivity index (χ4v) is 2.38. The molecule has 0 amide bonds. The zero-order chi connectivity index (χ0) is 14.0. The first-order valence-corrected chi connectivity index (χ1v) is 6.86. The molecule has 2 aromatic rings. The Morgan fingerprint density at radius 1 is 1.26 bits per heavy atom. The number of benzene rings is 2. The predicted molar refractivity (Wildman–Crippen MR) is 84.7 cm³/mol. The van der Waals surface area contributed by atoms with Crippen molar-refractivity contribution >= 4 is 56.1 Å². The van der Waals surface area contributed by atoms with Gasteiger partial charge in [0, 0.05) is 20.7 Å². The van der Waals surface area contributed by atoms with E-state index in [1.165, 1.54) is 12.1 Å². The summed E-state index contributed by atoms with van der Waals surface area (Å²) < 4.78 is 14.0. The first-order chi connectivity index (χ1) is 8.95. The van der Waals surface area contributed by atoms with E-state index in [1.807, 2.05) is 0 Å². The van der Waals surface area contributed by atoms with Crippen molar-refractivity contribution in [1.29, 1.82) is 0 Å². The van der Waals surface area contributed by atoms with Crippen molar-refractivity contribution in [2.75, 3.05) is 5.32 Å². The molecular weight excluding hydrogens is 351 g/mol. The van der Waals surface area contributed by atoms with Gasteiger partial charge in [-0.1, -0.05) is 23.8 Å². The lowest BCUT2D eigenvalue weighted by atomic mass is 10.2. The second-order valence-corrected chi connectivity index (χ2v) is 5.57. The summed E-state index contributed by atoms with van der Waals surface area (Å²) in [4.78, 5) is 0.320. The molecule has 0 heterocycles. The number of hydrogen-bond donors (Lipinski definition) is 2. The van der Waals surface area contributed by atoms with Gasteiger partial charge in [0.2, 0.25) is 0 Å². The molecular formula is C13H9BrClFN2S. The number of thiocarbonyl (C=S) groups is 1. The van der Waals surface area contributed by atoms with Crippen LogP contribution in [-0.2, 0) is 0 Å². The smallest absolute Gasteiger partial charge is 0.126 e. The van der Waals surface area contributed by atoms with Gasteiger partial charge in [0.1, 0.15) is 10.8 Å². The molecule has 0 bridgehead atoms. The van der Waals surface area contributed by atoms with Crippen LogP contribution >= 0.6 is 39.7 Å². The van der Waals surface area contributed by atoms with E-state index in [4.69, 9.17) is 29.6 Å². The molecule has 0 spiro atoms. The second kappa shape index (κ2) is 5.86. The maximum absolute atomic E-state index is 13.2. The first-order valence-electron chi connectivity index (χ1n) is 5.28. The fraction of sp³-hybridized carbons (Fsp3) is 0. The fourth-order valence-electron chi connectivity index (χ4n) is 1.55. The van der Waals surface area contributed by atoms with Crippen LogP contribution in [0.2, 0.25) is 5.02 Å². The zero-order valence-electron chi connectivity index (χ0n) is 9.58. The van der Waals surface area contributed by atoms with Crippen molar-refractivity contribution < 1.29 is 4.39 Å². The van der Waals surface area contributed by atoms with E-state index < -0.39 is 5.82 Å². The third kappa shape index (κ3) is 3.65. The van der Waals surface area contributed by atoms with Crippen LogP contribution in [0.15, 0.2) is 40.9 Å². The van der Waals surface area contributed by atoms with Crippen molar-refractivity contribution in [3.8, 4) is 0 Å². The Labute approximate surface area is 128 Å². The van der Waals surface area contributed by atoms with Gasteiger partial charge < -0.3 is 11.1 Å². The van der Waals surface area contributed by atoms with Gasteiger partial charge in [0.25, 0.3) is 0 Å². The summed E-state index contributed by atoms with van der Waals surface area (Å²) in [6.45, 7) is 0. The van der Waals surface area contributed by atoms with Crippen LogP contribution in [0.5, 0.6) is 0 Å². The summed E-state index contributed by atoms with van der Waals surface area (Å²) in [7, 11) is 0. The molecule has 0 fully saturated rings. The monoisotopic (exact) mass is 358 g/mol. The van der Waals surface area contributed by atoms with Crippen LogP contribution in [0.25, 0.3) is 0 Å². The third-order valence-corrected chi connectivity index (χ3v) is 3.51. The number of nitrogens with one attached hydrogen (secondary N) is 1. The summed E-state index contributed by atoms with van der Waals surface area (Å²) in [6, 6.07) is 9.63. The van der Waals surface area contributed by atoms with E-state index in [0.29, 0.717) is 15.7 Å². The molecule has 2 rings (SSSR count). The van der Waals surface area contributed by atoms with E-state index in [2.05, 4.69) is 21.2 Å². The molecule has 2 nitrogen and oxygen atoms in total. The summed E-state index contributed by atoms with van der Waals surface area (Å²) in [5.74, 6) is -0.397. The van der Waals surface area contributed by atoms with E-state index in [1.54, 1.807) is 24.3 Å². The number of nitrogens with two attached hydrogens (primary N) is 1.